The SMILES string of the molecule is CO/C(C(C)=O)=C(/NC(=O)[C@H](C)O[Si](C)(C)C(C)(C)C)C(C)(C)C. The van der Waals surface area contributed by atoms with E-state index in [1.165, 1.54) is 14.0 Å². The summed E-state index contributed by atoms with van der Waals surface area (Å²) in [6, 6.07) is 0. The topological polar surface area (TPSA) is 64.6 Å². The lowest BCUT2D eigenvalue weighted by atomic mass is 9.90. The molecule has 5 nitrogen and oxygen atoms in total. The van der Waals surface area contributed by atoms with Crippen LogP contribution in [0.25, 0.3) is 0 Å². The van der Waals surface area contributed by atoms with E-state index < -0.39 is 19.8 Å². The molecule has 0 aromatic heterocycles. The maximum atomic E-state index is 12.6. The predicted molar refractivity (Wildman–Crippen MR) is 100 cm³/mol. The van der Waals surface area contributed by atoms with Crippen molar-refractivity contribution in [1.82, 2.24) is 5.32 Å². The summed E-state index contributed by atoms with van der Waals surface area (Å²) in [5.74, 6) is -0.309. The molecule has 0 aliphatic carbocycles. The summed E-state index contributed by atoms with van der Waals surface area (Å²) < 4.78 is 11.3. The fourth-order valence-corrected chi connectivity index (χ4v) is 3.25. The lowest BCUT2D eigenvalue weighted by Gasteiger charge is -2.38. The zero-order valence-electron chi connectivity index (χ0n) is 17.2. The van der Waals surface area contributed by atoms with Crippen LogP contribution in [0, 0.1) is 5.41 Å². The van der Waals surface area contributed by atoms with Crippen LogP contribution < -0.4 is 5.32 Å². The number of hydrogen-bond donors (Lipinski definition) is 1. The van der Waals surface area contributed by atoms with Crippen molar-refractivity contribution < 1.29 is 18.8 Å². The number of hydrogen-bond acceptors (Lipinski definition) is 4. The fourth-order valence-electron chi connectivity index (χ4n) is 1.90. The van der Waals surface area contributed by atoms with Gasteiger partial charge in [-0.2, -0.15) is 0 Å². The van der Waals surface area contributed by atoms with Crippen LogP contribution in [-0.2, 0) is 18.8 Å². The number of carbonyl (C=O) groups is 2. The molecule has 1 N–H and O–H groups in total. The van der Waals surface area contributed by atoms with E-state index in [4.69, 9.17) is 9.16 Å². The van der Waals surface area contributed by atoms with Gasteiger partial charge >= 0.3 is 0 Å². The van der Waals surface area contributed by atoms with Crippen LogP contribution >= 0.6 is 0 Å². The van der Waals surface area contributed by atoms with E-state index >= 15 is 0 Å². The van der Waals surface area contributed by atoms with Crippen LogP contribution in [0.5, 0.6) is 0 Å². The van der Waals surface area contributed by atoms with Gasteiger partial charge in [0.2, 0.25) is 0 Å². The number of amides is 1. The first-order valence-electron chi connectivity index (χ1n) is 8.33. The Hall–Kier alpha value is -1.14. The minimum atomic E-state index is -2.06. The van der Waals surface area contributed by atoms with Crippen molar-refractivity contribution >= 4 is 20.0 Å². The molecule has 0 aromatic rings. The fraction of sp³-hybridized carbons (Fsp3) is 0.778. The summed E-state index contributed by atoms with van der Waals surface area (Å²) >= 11 is 0. The van der Waals surface area contributed by atoms with Gasteiger partial charge in [0.1, 0.15) is 6.10 Å². The van der Waals surface area contributed by atoms with Crippen molar-refractivity contribution in [2.75, 3.05) is 7.11 Å². The number of allylic oxidation sites excluding steroid dienone is 2. The number of methoxy groups -OCH3 is 1. The highest BCUT2D eigenvalue weighted by molar-refractivity contribution is 6.74. The second-order valence-electron chi connectivity index (χ2n) is 8.72. The molecule has 1 atom stereocenters. The molecule has 0 unspecified atom stereocenters. The van der Waals surface area contributed by atoms with Gasteiger partial charge < -0.3 is 14.5 Å². The summed E-state index contributed by atoms with van der Waals surface area (Å²) in [4.78, 5) is 24.4. The van der Waals surface area contributed by atoms with E-state index in [0.29, 0.717) is 5.70 Å². The van der Waals surface area contributed by atoms with E-state index in [1.54, 1.807) is 6.92 Å². The third-order valence-corrected chi connectivity index (χ3v) is 8.95. The zero-order valence-corrected chi connectivity index (χ0v) is 18.2. The first kappa shape index (κ1) is 22.9. The zero-order chi connectivity index (χ0) is 19.5. The van der Waals surface area contributed by atoms with E-state index in [-0.39, 0.29) is 22.5 Å². The number of ether oxygens (including phenoxy) is 1. The van der Waals surface area contributed by atoms with Gasteiger partial charge in [0.25, 0.3) is 5.91 Å². The molecule has 1 amide bonds. The minimum Gasteiger partial charge on any atom is -0.491 e. The van der Waals surface area contributed by atoms with E-state index in [2.05, 4.69) is 39.2 Å². The van der Waals surface area contributed by atoms with Crippen molar-refractivity contribution in [3.8, 4) is 0 Å². The summed E-state index contributed by atoms with van der Waals surface area (Å²) in [5.41, 5.74) is 0.0387. The molecule has 0 aliphatic heterocycles. The second kappa shape index (κ2) is 7.83. The van der Waals surface area contributed by atoms with Crippen molar-refractivity contribution in [2.24, 2.45) is 5.41 Å². The highest BCUT2D eigenvalue weighted by Crippen LogP contribution is 2.37. The average molecular weight is 358 g/mol. The molecule has 140 valence electrons. The summed E-state index contributed by atoms with van der Waals surface area (Å²) in [6.45, 7) is 19.5. The van der Waals surface area contributed by atoms with Crippen LogP contribution in [0.3, 0.4) is 0 Å². The Kier molecular flexibility index (Phi) is 7.45. The van der Waals surface area contributed by atoms with E-state index in [9.17, 15) is 9.59 Å². The maximum Gasteiger partial charge on any atom is 0.251 e. The van der Waals surface area contributed by atoms with Crippen molar-refractivity contribution in [3.63, 3.8) is 0 Å². The largest absolute Gasteiger partial charge is 0.491 e. The molecular weight excluding hydrogens is 322 g/mol. The van der Waals surface area contributed by atoms with Crippen LogP contribution in [0.15, 0.2) is 11.5 Å². The van der Waals surface area contributed by atoms with Gasteiger partial charge in [-0.1, -0.05) is 41.5 Å². The van der Waals surface area contributed by atoms with Crippen LogP contribution in [0.1, 0.15) is 55.4 Å². The van der Waals surface area contributed by atoms with Crippen LogP contribution in [0.4, 0.5) is 0 Å². The number of carbonyl (C=O) groups excluding carboxylic acids is 2. The first-order valence-corrected chi connectivity index (χ1v) is 11.2. The Morgan fingerprint density at radius 2 is 1.50 bits per heavy atom. The van der Waals surface area contributed by atoms with Gasteiger partial charge in [-0.3, -0.25) is 9.59 Å². The van der Waals surface area contributed by atoms with Crippen molar-refractivity contribution in [2.45, 2.75) is 79.6 Å². The molecule has 0 fully saturated rings. The summed E-state index contributed by atoms with van der Waals surface area (Å²) in [6.07, 6.45) is -0.603. The van der Waals surface area contributed by atoms with Crippen molar-refractivity contribution in [1.29, 1.82) is 0 Å². The summed E-state index contributed by atoms with van der Waals surface area (Å²) in [5, 5.41) is 2.87. The monoisotopic (exact) mass is 357 g/mol. The van der Waals surface area contributed by atoms with E-state index in [0.717, 1.165) is 0 Å². The van der Waals surface area contributed by atoms with Gasteiger partial charge in [0.05, 0.1) is 12.8 Å². The molecule has 0 aliphatic rings. The Morgan fingerprint density at radius 3 is 1.79 bits per heavy atom. The Balaban J connectivity index is 5.48. The highest BCUT2D eigenvalue weighted by Gasteiger charge is 2.40. The maximum absolute atomic E-state index is 12.6. The Bertz CT molecular complexity index is 510. The molecule has 0 saturated carbocycles. The van der Waals surface area contributed by atoms with Crippen LogP contribution in [0.2, 0.25) is 18.1 Å². The normalized spacial score (nSPS) is 15.5. The van der Waals surface area contributed by atoms with E-state index in [1.807, 2.05) is 20.8 Å². The smallest absolute Gasteiger partial charge is 0.251 e. The predicted octanol–water partition coefficient (Wildman–Crippen LogP) is 4.01. The molecule has 0 bridgehead atoms. The van der Waals surface area contributed by atoms with Gasteiger partial charge in [-0.15, -0.1) is 0 Å². The van der Waals surface area contributed by atoms with Crippen LogP contribution in [-0.4, -0.2) is 33.2 Å². The molecule has 0 rings (SSSR count). The Morgan fingerprint density at radius 1 is 1.04 bits per heavy atom. The van der Waals surface area contributed by atoms with Gasteiger partial charge in [0.15, 0.2) is 19.9 Å². The van der Waals surface area contributed by atoms with Gasteiger partial charge in [-0.25, -0.2) is 0 Å². The average Bonchev–Trinajstić information content (AvgIpc) is 2.34. The molecule has 0 spiro atoms. The molecule has 0 aromatic carbocycles. The van der Waals surface area contributed by atoms with Gasteiger partial charge in [0, 0.05) is 12.3 Å². The lowest BCUT2D eigenvalue weighted by Crippen LogP contribution is -2.48. The molecule has 0 saturated heterocycles. The molecule has 0 heterocycles. The standard InChI is InChI=1S/C18H35NO4Si/c1-12(20)14(22-9)15(17(3,4)5)19-16(21)13(2)23-24(10,11)18(6,7)8/h13H,1-11H3,(H,19,21)/b15-14+/t13-/m0/s1. The number of rotatable bonds is 6. The highest BCUT2D eigenvalue weighted by atomic mass is 28.4. The minimum absolute atomic E-state index is 0.0152. The number of Topliss-reactive ketones (excluding diaryl/α,β-unsaturated/α-hetero) is 1. The molecular formula is C18H35NO4Si. The third kappa shape index (κ3) is 6.05. The molecule has 0 radical (unpaired) electrons. The molecule has 6 heteroatoms. The van der Waals surface area contributed by atoms with Crippen molar-refractivity contribution in [3.05, 3.63) is 11.5 Å². The van der Waals surface area contributed by atoms with Gasteiger partial charge in [-0.05, 0) is 25.1 Å². The number of ketones is 1. The quantitative estimate of drug-likeness (QED) is 0.443. The first-order chi connectivity index (χ1) is 10.5. The summed E-state index contributed by atoms with van der Waals surface area (Å²) in [7, 11) is -0.625. The lowest BCUT2D eigenvalue weighted by molar-refractivity contribution is -0.127. The third-order valence-electron chi connectivity index (χ3n) is 4.40. The number of nitrogens with one attached hydrogen (secondary N) is 1. The molecule has 24 heavy (non-hydrogen) atoms. The Labute approximate surface area is 148 Å². The second-order valence-corrected chi connectivity index (χ2v) is 13.5.